The molecule has 0 radical (unpaired) electrons. The van der Waals surface area contributed by atoms with Crippen LogP contribution in [0.15, 0.2) is 0 Å². The van der Waals surface area contributed by atoms with Gasteiger partial charge in [0.1, 0.15) is 0 Å². The van der Waals surface area contributed by atoms with Gasteiger partial charge in [0, 0.05) is 0 Å². The Balaban J connectivity index is -0.000000180. The maximum Gasteiger partial charge on any atom is 1.00 e. The van der Waals surface area contributed by atoms with Crippen molar-refractivity contribution in [1.82, 2.24) is 0 Å². The molecule has 9 heavy (non-hydrogen) atoms. The molecule has 0 rings (SSSR count). The predicted molar refractivity (Wildman–Crippen MR) is 18.6 cm³/mol. The molecule has 9 heteroatoms. The first-order valence-corrected chi connectivity index (χ1v) is 2.56. The zero-order chi connectivity index (χ0) is 5.91. The molecule has 4 N–H and O–H groups in total. The van der Waals surface area contributed by atoms with Crippen molar-refractivity contribution in [3.8, 4) is 0 Å². The van der Waals surface area contributed by atoms with E-state index in [2.05, 4.69) is 9.35 Å². The Kier molecular flexibility index (Phi) is 13.0. The van der Waals surface area contributed by atoms with Crippen LogP contribution in [0, 0.1) is 0 Å². The van der Waals surface area contributed by atoms with Crippen molar-refractivity contribution in [3.05, 3.63) is 0 Å². The van der Waals surface area contributed by atoms with Crippen molar-refractivity contribution < 1.29 is 64.4 Å². The van der Waals surface area contributed by atoms with E-state index in [0.717, 1.165) is 0 Å². The first-order chi connectivity index (χ1) is 3.12. The summed E-state index contributed by atoms with van der Waals surface area (Å²) >= 11 is 0. The maximum atomic E-state index is 9.45. The average Bonchev–Trinajstić information content (AvgIpc) is 1.68. The van der Waals surface area contributed by atoms with Crippen molar-refractivity contribution >= 4 is 7.82 Å². The van der Waals surface area contributed by atoms with Gasteiger partial charge >= 0.3 is 37.4 Å². The Bertz CT molecular complexity index is 80.9. The van der Waals surface area contributed by atoms with E-state index >= 15 is 0 Å². The molecule has 0 unspecified atom stereocenters. The standard InChI is InChI=1S/Na.H3O6P.H2O/c;1-5-7(3,4)6-2;/h;1-2H,(H,3,4);1H2/q+1;;/p-1. The molecule has 0 aromatic carbocycles. The molecule has 0 saturated carbocycles. The molecule has 0 spiro atoms. The molecule has 0 aliphatic carbocycles. The summed E-state index contributed by atoms with van der Waals surface area (Å²) < 4.78 is 14.7. The van der Waals surface area contributed by atoms with Crippen molar-refractivity contribution in [2.24, 2.45) is 0 Å². The molecule has 52 valence electrons. The molecular weight excluding hydrogens is 166 g/mol. The van der Waals surface area contributed by atoms with Crippen LogP contribution in [0.1, 0.15) is 0 Å². The van der Waals surface area contributed by atoms with E-state index in [0.29, 0.717) is 0 Å². The summed E-state index contributed by atoms with van der Waals surface area (Å²) in [6.45, 7) is 0. The molecule has 0 amide bonds. The second-order valence-electron chi connectivity index (χ2n) is 0.611. The molecule has 0 aliphatic rings. The number of rotatable bonds is 2. The van der Waals surface area contributed by atoms with Gasteiger partial charge < -0.3 is 10.4 Å². The van der Waals surface area contributed by atoms with E-state index in [-0.39, 0.29) is 35.0 Å². The quantitative estimate of drug-likeness (QED) is 0.186. The topological polar surface area (TPSA) is 131 Å². The van der Waals surface area contributed by atoms with Crippen molar-refractivity contribution in [3.63, 3.8) is 0 Å². The van der Waals surface area contributed by atoms with E-state index < -0.39 is 7.82 Å². The minimum Gasteiger partial charge on any atom is -0.753 e. The van der Waals surface area contributed by atoms with Gasteiger partial charge in [-0.05, 0) is 0 Å². The third-order valence-electron chi connectivity index (χ3n) is 0.200. The van der Waals surface area contributed by atoms with Crippen molar-refractivity contribution in [2.45, 2.75) is 0 Å². The molecule has 0 fully saturated rings. The largest absolute Gasteiger partial charge is 1.00 e. The minimum absolute atomic E-state index is 0. The molecule has 0 heterocycles. The fraction of sp³-hybridized carbons (Fsp3) is 0. The van der Waals surface area contributed by atoms with Gasteiger partial charge in [-0.1, -0.05) is 0 Å². The van der Waals surface area contributed by atoms with Crippen LogP contribution in [0.4, 0.5) is 0 Å². The predicted octanol–water partition coefficient (Wildman–Crippen LogP) is -4.39. The van der Waals surface area contributed by atoms with Crippen LogP contribution in [-0.4, -0.2) is 16.0 Å². The molecular formula is H4NaO7P. The van der Waals surface area contributed by atoms with Crippen LogP contribution >= 0.6 is 7.82 Å². The zero-order valence-corrected chi connectivity index (χ0v) is 7.37. The Morgan fingerprint density at radius 3 is 1.56 bits per heavy atom. The molecule has 0 aliphatic heterocycles. The van der Waals surface area contributed by atoms with Crippen LogP contribution in [0.3, 0.4) is 0 Å². The zero-order valence-electron chi connectivity index (χ0n) is 4.47. The third kappa shape index (κ3) is 8.99. The summed E-state index contributed by atoms with van der Waals surface area (Å²) in [5.41, 5.74) is 0. The first kappa shape index (κ1) is 16.5. The van der Waals surface area contributed by atoms with E-state index in [1.807, 2.05) is 0 Å². The molecule has 7 nitrogen and oxygen atoms in total. The average molecular weight is 170 g/mol. The summed E-state index contributed by atoms with van der Waals surface area (Å²) in [5.74, 6) is 0. The number of hydrogen-bond acceptors (Lipinski definition) is 6. The fourth-order valence-electron chi connectivity index (χ4n) is 0.0149. The third-order valence-corrected chi connectivity index (χ3v) is 0.600. The summed E-state index contributed by atoms with van der Waals surface area (Å²) in [5, 5.41) is 14.5. The summed E-state index contributed by atoms with van der Waals surface area (Å²) in [7, 11) is -4.79. The summed E-state index contributed by atoms with van der Waals surface area (Å²) in [4.78, 5) is 9.45. The van der Waals surface area contributed by atoms with E-state index in [9.17, 15) is 9.46 Å². The first-order valence-electron chi connectivity index (χ1n) is 1.10. The Labute approximate surface area is 72.3 Å². The second kappa shape index (κ2) is 7.10. The fourth-order valence-corrected chi connectivity index (χ4v) is 0.0447. The smallest absolute Gasteiger partial charge is 0.753 e. The van der Waals surface area contributed by atoms with Gasteiger partial charge in [-0.3, -0.25) is 4.57 Å². The number of hydrogen-bond donors (Lipinski definition) is 2. The summed E-state index contributed by atoms with van der Waals surface area (Å²) in [6.07, 6.45) is 0. The second-order valence-corrected chi connectivity index (χ2v) is 1.83. The van der Waals surface area contributed by atoms with Gasteiger partial charge in [-0.15, -0.1) is 0 Å². The van der Waals surface area contributed by atoms with Gasteiger partial charge in [-0.25, -0.2) is 10.5 Å². The van der Waals surface area contributed by atoms with Gasteiger partial charge in [0.15, 0.2) is 0 Å². The van der Waals surface area contributed by atoms with Crippen LogP contribution in [0.25, 0.3) is 0 Å². The Hall–Kier alpha value is 0.990. The van der Waals surface area contributed by atoms with Crippen LogP contribution < -0.4 is 34.5 Å². The van der Waals surface area contributed by atoms with Gasteiger partial charge in [-0.2, -0.15) is 9.35 Å². The Morgan fingerprint density at radius 1 is 1.33 bits per heavy atom. The Morgan fingerprint density at radius 2 is 1.56 bits per heavy atom. The van der Waals surface area contributed by atoms with E-state index in [1.165, 1.54) is 0 Å². The molecule has 0 saturated heterocycles. The van der Waals surface area contributed by atoms with Crippen molar-refractivity contribution in [1.29, 1.82) is 0 Å². The van der Waals surface area contributed by atoms with Gasteiger partial charge in [0.25, 0.3) is 0 Å². The molecule has 0 bridgehead atoms. The molecule has 0 aromatic heterocycles. The minimum atomic E-state index is -4.79. The molecule has 0 aromatic rings. The van der Waals surface area contributed by atoms with Gasteiger partial charge in [0.2, 0.25) is 0 Å². The van der Waals surface area contributed by atoms with E-state index in [4.69, 9.17) is 10.5 Å². The normalized spacial score (nSPS) is 9.22. The van der Waals surface area contributed by atoms with Gasteiger partial charge in [0.05, 0.1) is 0 Å². The SMILES string of the molecule is O.O=P([O-])(OO)OO.[Na+]. The van der Waals surface area contributed by atoms with Crippen LogP contribution in [0.5, 0.6) is 0 Å². The maximum absolute atomic E-state index is 9.45. The van der Waals surface area contributed by atoms with Crippen LogP contribution in [-0.2, 0) is 13.9 Å². The van der Waals surface area contributed by atoms with Crippen LogP contribution in [0.2, 0.25) is 0 Å². The monoisotopic (exact) mass is 170 g/mol. The molecule has 0 atom stereocenters. The number of phosphoric acid groups is 1. The van der Waals surface area contributed by atoms with Crippen molar-refractivity contribution in [2.75, 3.05) is 0 Å². The van der Waals surface area contributed by atoms with E-state index in [1.54, 1.807) is 0 Å². The summed E-state index contributed by atoms with van der Waals surface area (Å²) in [6, 6.07) is 0.